The molecule has 0 radical (unpaired) electrons. The van der Waals surface area contributed by atoms with Crippen molar-refractivity contribution in [3.05, 3.63) is 29.8 Å². The molecule has 1 amide bonds. The predicted molar refractivity (Wildman–Crippen MR) is 80.0 cm³/mol. The summed E-state index contributed by atoms with van der Waals surface area (Å²) in [5, 5.41) is 3.59. The molecule has 1 aliphatic heterocycles. The van der Waals surface area contributed by atoms with E-state index in [1.54, 1.807) is 14.0 Å². The smallest absolute Gasteiger partial charge is 0.219 e. The maximum Gasteiger partial charge on any atom is 0.219 e. The summed E-state index contributed by atoms with van der Waals surface area (Å²) >= 11 is 0. The van der Waals surface area contributed by atoms with E-state index < -0.39 is 0 Å². The van der Waals surface area contributed by atoms with Gasteiger partial charge in [0.1, 0.15) is 5.75 Å². The number of hydrogen-bond donors (Lipinski definition) is 1. The Bertz CT molecular complexity index is 440. The first kappa shape index (κ1) is 14.9. The molecule has 1 saturated heterocycles. The van der Waals surface area contributed by atoms with Crippen molar-refractivity contribution in [3.8, 4) is 5.75 Å². The van der Waals surface area contributed by atoms with Crippen LogP contribution >= 0.6 is 0 Å². The maximum absolute atomic E-state index is 11.3. The molecule has 0 aromatic heterocycles. The number of carbonyl (C=O) groups is 1. The third-order valence-electron chi connectivity index (χ3n) is 3.96. The van der Waals surface area contributed by atoms with Crippen molar-refractivity contribution in [2.75, 3.05) is 26.7 Å². The molecule has 1 fully saturated rings. The lowest BCUT2D eigenvalue weighted by molar-refractivity contribution is -0.129. The summed E-state index contributed by atoms with van der Waals surface area (Å²) in [5.41, 5.74) is 1.24. The van der Waals surface area contributed by atoms with E-state index in [2.05, 4.69) is 11.4 Å². The molecule has 110 valence electrons. The van der Waals surface area contributed by atoms with Crippen LogP contribution in [0.4, 0.5) is 0 Å². The molecule has 1 heterocycles. The Hall–Kier alpha value is -1.55. The molecular formula is C16H24N2O2. The zero-order chi connectivity index (χ0) is 14.4. The third-order valence-corrected chi connectivity index (χ3v) is 3.96. The lowest BCUT2D eigenvalue weighted by Crippen LogP contribution is -2.44. The summed E-state index contributed by atoms with van der Waals surface area (Å²) in [4.78, 5) is 13.2. The van der Waals surface area contributed by atoms with Gasteiger partial charge in [0.2, 0.25) is 5.91 Å². The number of amides is 1. The number of rotatable bonds is 5. The fourth-order valence-corrected chi connectivity index (χ4v) is 2.72. The van der Waals surface area contributed by atoms with Crippen LogP contribution in [0, 0.1) is 0 Å². The van der Waals surface area contributed by atoms with E-state index in [-0.39, 0.29) is 5.91 Å². The topological polar surface area (TPSA) is 41.6 Å². The van der Waals surface area contributed by atoms with Crippen molar-refractivity contribution in [2.24, 2.45) is 0 Å². The first-order valence-corrected chi connectivity index (χ1v) is 7.31. The largest absolute Gasteiger partial charge is 0.496 e. The molecule has 4 nitrogen and oxygen atoms in total. The quantitative estimate of drug-likeness (QED) is 0.892. The second-order valence-corrected chi connectivity index (χ2v) is 5.30. The Morgan fingerprint density at radius 2 is 2.05 bits per heavy atom. The molecule has 2 rings (SSSR count). The molecule has 1 N–H and O–H groups in total. The number of methoxy groups -OCH3 is 1. The van der Waals surface area contributed by atoms with E-state index in [4.69, 9.17) is 4.74 Å². The van der Waals surface area contributed by atoms with Crippen LogP contribution in [-0.2, 0) is 11.2 Å². The first-order chi connectivity index (χ1) is 9.70. The zero-order valence-electron chi connectivity index (χ0n) is 12.4. The van der Waals surface area contributed by atoms with Crippen LogP contribution in [0.25, 0.3) is 0 Å². The summed E-state index contributed by atoms with van der Waals surface area (Å²) in [5.74, 6) is 1.15. The predicted octanol–water partition coefficient (Wildman–Crippen LogP) is 1.84. The Balaban J connectivity index is 1.73. The van der Waals surface area contributed by atoms with Gasteiger partial charge < -0.3 is 15.0 Å². The van der Waals surface area contributed by atoms with Gasteiger partial charge >= 0.3 is 0 Å². The monoisotopic (exact) mass is 276 g/mol. The summed E-state index contributed by atoms with van der Waals surface area (Å²) in [7, 11) is 1.71. The number of nitrogens with one attached hydrogen (secondary N) is 1. The molecule has 1 aromatic rings. The Labute approximate surface area is 121 Å². The molecule has 4 heteroatoms. The molecule has 0 bridgehead atoms. The van der Waals surface area contributed by atoms with Gasteiger partial charge in [0.25, 0.3) is 0 Å². The van der Waals surface area contributed by atoms with Crippen molar-refractivity contribution in [1.29, 1.82) is 0 Å². The van der Waals surface area contributed by atoms with Crippen LogP contribution < -0.4 is 10.1 Å². The van der Waals surface area contributed by atoms with Crippen molar-refractivity contribution >= 4 is 5.91 Å². The minimum absolute atomic E-state index is 0.192. The number of hydrogen-bond acceptors (Lipinski definition) is 3. The van der Waals surface area contributed by atoms with E-state index in [0.717, 1.165) is 44.6 Å². The number of likely N-dealkylation sites (tertiary alicyclic amines) is 1. The second kappa shape index (κ2) is 7.29. The highest BCUT2D eigenvalue weighted by Crippen LogP contribution is 2.17. The molecule has 0 spiro atoms. The van der Waals surface area contributed by atoms with Gasteiger partial charge in [-0.3, -0.25) is 4.79 Å². The number of nitrogens with zero attached hydrogens (tertiary/aromatic N) is 1. The van der Waals surface area contributed by atoms with Crippen molar-refractivity contribution < 1.29 is 9.53 Å². The van der Waals surface area contributed by atoms with Gasteiger partial charge in [0.15, 0.2) is 0 Å². The number of carbonyl (C=O) groups excluding carboxylic acids is 1. The molecular weight excluding hydrogens is 252 g/mol. The van der Waals surface area contributed by atoms with Crippen molar-refractivity contribution in [1.82, 2.24) is 10.2 Å². The minimum Gasteiger partial charge on any atom is -0.496 e. The zero-order valence-corrected chi connectivity index (χ0v) is 12.4. The Kier molecular flexibility index (Phi) is 5.41. The van der Waals surface area contributed by atoms with E-state index in [1.165, 1.54) is 5.56 Å². The normalized spacial score (nSPS) is 16.2. The van der Waals surface area contributed by atoms with E-state index in [0.29, 0.717) is 6.04 Å². The van der Waals surface area contributed by atoms with Gasteiger partial charge in [-0.2, -0.15) is 0 Å². The van der Waals surface area contributed by atoms with Crippen LogP contribution in [0.3, 0.4) is 0 Å². The van der Waals surface area contributed by atoms with Crippen molar-refractivity contribution in [2.45, 2.75) is 32.2 Å². The van der Waals surface area contributed by atoms with Crippen LogP contribution in [0.2, 0.25) is 0 Å². The van der Waals surface area contributed by atoms with Crippen LogP contribution in [0.15, 0.2) is 24.3 Å². The van der Waals surface area contributed by atoms with Gasteiger partial charge in [0.05, 0.1) is 7.11 Å². The van der Waals surface area contributed by atoms with Gasteiger partial charge in [0, 0.05) is 26.1 Å². The van der Waals surface area contributed by atoms with Crippen LogP contribution in [0.5, 0.6) is 5.75 Å². The van der Waals surface area contributed by atoms with E-state index in [9.17, 15) is 4.79 Å². The minimum atomic E-state index is 0.192. The highest BCUT2D eigenvalue weighted by atomic mass is 16.5. The van der Waals surface area contributed by atoms with Crippen LogP contribution in [-0.4, -0.2) is 43.6 Å². The summed E-state index contributed by atoms with van der Waals surface area (Å²) in [6.07, 6.45) is 3.06. The molecule has 0 atom stereocenters. The number of ether oxygens (including phenoxy) is 1. The van der Waals surface area contributed by atoms with Crippen LogP contribution in [0.1, 0.15) is 25.3 Å². The molecule has 0 aliphatic carbocycles. The average molecular weight is 276 g/mol. The fourth-order valence-electron chi connectivity index (χ4n) is 2.72. The number of para-hydroxylation sites is 1. The van der Waals surface area contributed by atoms with Gasteiger partial charge in [-0.1, -0.05) is 18.2 Å². The van der Waals surface area contributed by atoms with Gasteiger partial charge in [-0.15, -0.1) is 0 Å². The van der Waals surface area contributed by atoms with Gasteiger partial charge in [-0.05, 0) is 37.4 Å². The highest BCUT2D eigenvalue weighted by molar-refractivity contribution is 5.73. The second-order valence-electron chi connectivity index (χ2n) is 5.30. The third kappa shape index (κ3) is 3.97. The molecule has 20 heavy (non-hydrogen) atoms. The molecule has 1 aliphatic rings. The van der Waals surface area contributed by atoms with Gasteiger partial charge in [-0.25, -0.2) is 0 Å². The number of benzene rings is 1. The Morgan fingerprint density at radius 3 is 2.70 bits per heavy atom. The highest BCUT2D eigenvalue weighted by Gasteiger charge is 2.19. The summed E-state index contributed by atoms with van der Waals surface area (Å²) in [6.45, 7) is 4.35. The first-order valence-electron chi connectivity index (χ1n) is 7.31. The lowest BCUT2D eigenvalue weighted by atomic mass is 10.0. The van der Waals surface area contributed by atoms with E-state index >= 15 is 0 Å². The average Bonchev–Trinajstić information content (AvgIpc) is 2.48. The SMILES string of the molecule is COc1ccccc1CCNC1CCN(C(C)=O)CC1. The van der Waals surface area contributed by atoms with Crippen molar-refractivity contribution in [3.63, 3.8) is 0 Å². The Morgan fingerprint density at radius 1 is 1.35 bits per heavy atom. The lowest BCUT2D eigenvalue weighted by Gasteiger charge is -2.31. The molecule has 1 aromatic carbocycles. The fraction of sp³-hybridized carbons (Fsp3) is 0.562. The summed E-state index contributed by atoms with van der Waals surface area (Å²) < 4.78 is 5.36. The molecule has 0 unspecified atom stereocenters. The maximum atomic E-state index is 11.3. The van der Waals surface area contributed by atoms with E-state index in [1.807, 2.05) is 23.1 Å². The number of piperidine rings is 1. The standard InChI is InChI=1S/C16H24N2O2/c1-13(19)18-11-8-15(9-12-18)17-10-7-14-5-3-4-6-16(14)20-2/h3-6,15,17H,7-12H2,1-2H3. The summed E-state index contributed by atoms with van der Waals surface area (Å²) in [6, 6.07) is 8.68. The molecule has 0 saturated carbocycles.